The van der Waals surface area contributed by atoms with Gasteiger partial charge in [-0.1, -0.05) is 5.16 Å². The van der Waals surface area contributed by atoms with Gasteiger partial charge in [0.05, 0.1) is 11.3 Å². The number of halogens is 3. The van der Waals surface area contributed by atoms with Crippen LogP contribution in [0.15, 0.2) is 11.4 Å². The summed E-state index contributed by atoms with van der Waals surface area (Å²) < 4.78 is 63.7. The van der Waals surface area contributed by atoms with E-state index in [1.54, 1.807) is 13.8 Å². The van der Waals surface area contributed by atoms with Gasteiger partial charge in [0.15, 0.2) is 5.04 Å². The molecule has 0 amide bonds. The molecule has 0 saturated heterocycles. The first-order chi connectivity index (χ1) is 9.41. The van der Waals surface area contributed by atoms with Gasteiger partial charge < -0.3 is 4.84 Å². The second-order valence-corrected chi connectivity index (χ2v) is 7.42. The van der Waals surface area contributed by atoms with Crippen LogP contribution in [0.25, 0.3) is 0 Å². The lowest BCUT2D eigenvalue weighted by Crippen LogP contribution is -2.24. The summed E-state index contributed by atoms with van der Waals surface area (Å²) in [6, 6.07) is 0. The van der Waals surface area contributed by atoms with E-state index in [1.165, 1.54) is 7.05 Å². The predicted octanol–water partition coefficient (Wildman–Crippen LogP) is 1.87. The van der Waals surface area contributed by atoms with Crippen molar-refractivity contribution >= 4 is 14.9 Å². The standard InChI is InChI=1S/C11H14F3N3O3S/c1-10(2)4-9(16-20-10)21(18,19)6-8-7(11(12,13)14)5-17(3)15-8/h5H,4,6H2,1-3H3. The minimum Gasteiger partial charge on any atom is -0.389 e. The lowest BCUT2D eigenvalue weighted by atomic mass is 10.1. The van der Waals surface area contributed by atoms with E-state index in [9.17, 15) is 21.6 Å². The molecule has 0 radical (unpaired) electrons. The maximum Gasteiger partial charge on any atom is 0.419 e. The van der Waals surface area contributed by atoms with Gasteiger partial charge in [-0.2, -0.15) is 18.3 Å². The molecule has 0 unspecified atom stereocenters. The van der Waals surface area contributed by atoms with Crippen LogP contribution in [0.3, 0.4) is 0 Å². The zero-order chi connectivity index (χ0) is 16.1. The lowest BCUT2D eigenvalue weighted by molar-refractivity contribution is -0.138. The highest BCUT2D eigenvalue weighted by Crippen LogP contribution is 2.33. The van der Waals surface area contributed by atoms with Crippen molar-refractivity contribution in [2.75, 3.05) is 0 Å². The largest absolute Gasteiger partial charge is 0.419 e. The molecule has 118 valence electrons. The summed E-state index contributed by atoms with van der Waals surface area (Å²) in [5, 5.41) is 6.80. The van der Waals surface area contributed by atoms with E-state index in [2.05, 4.69) is 10.3 Å². The van der Waals surface area contributed by atoms with Crippen LogP contribution in [-0.4, -0.2) is 28.8 Å². The third-order valence-corrected chi connectivity index (χ3v) is 4.46. The highest BCUT2D eigenvalue weighted by atomic mass is 32.2. The topological polar surface area (TPSA) is 73.5 Å². The van der Waals surface area contributed by atoms with Crippen molar-refractivity contribution in [3.05, 3.63) is 17.5 Å². The van der Waals surface area contributed by atoms with Gasteiger partial charge in [0.1, 0.15) is 11.4 Å². The minimum atomic E-state index is -4.66. The molecule has 1 aliphatic rings. The van der Waals surface area contributed by atoms with Crippen molar-refractivity contribution in [2.45, 2.75) is 37.8 Å². The Morgan fingerprint density at radius 1 is 1.43 bits per heavy atom. The second kappa shape index (κ2) is 4.72. The van der Waals surface area contributed by atoms with Gasteiger partial charge in [-0.25, -0.2) is 8.42 Å². The van der Waals surface area contributed by atoms with Crippen LogP contribution in [0.2, 0.25) is 0 Å². The van der Waals surface area contributed by atoms with Gasteiger partial charge in [0.25, 0.3) is 0 Å². The van der Waals surface area contributed by atoms with Gasteiger partial charge in [0.2, 0.25) is 9.84 Å². The monoisotopic (exact) mass is 325 g/mol. The molecule has 0 atom stereocenters. The summed E-state index contributed by atoms with van der Waals surface area (Å²) in [6.07, 6.45) is -3.89. The average molecular weight is 325 g/mol. The number of oxime groups is 1. The zero-order valence-electron chi connectivity index (χ0n) is 11.6. The first-order valence-electron chi connectivity index (χ1n) is 5.98. The van der Waals surface area contributed by atoms with Crippen molar-refractivity contribution in [3.8, 4) is 0 Å². The molecule has 0 fully saturated rings. The molecule has 0 N–H and O–H groups in total. The number of nitrogens with zero attached hydrogens (tertiary/aromatic N) is 3. The predicted molar refractivity (Wildman–Crippen MR) is 68.0 cm³/mol. The van der Waals surface area contributed by atoms with Crippen molar-refractivity contribution in [1.29, 1.82) is 0 Å². The Morgan fingerprint density at radius 2 is 2.05 bits per heavy atom. The Kier molecular flexibility index (Phi) is 3.55. The normalized spacial score (nSPS) is 18.5. The summed E-state index contributed by atoms with van der Waals surface area (Å²) >= 11 is 0. The number of aromatic nitrogens is 2. The van der Waals surface area contributed by atoms with E-state index in [0.717, 1.165) is 10.9 Å². The molecule has 2 heterocycles. The van der Waals surface area contributed by atoms with E-state index in [4.69, 9.17) is 4.84 Å². The summed E-state index contributed by atoms with van der Waals surface area (Å²) in [6.45, 7) is 3.28. The Morgan fingerprint density at radius 3 is 2.52 bits per heavy atom. The van der Waals surface area contributed by atoms with Crippen molar-refractivity contribution in [3.63, 3.8) is 0 Å². The first-order valence-corrected chi connectivity index (χ1v) is 7.63. The fourth-order valence-corrected chi connectivity index (χ4v) is 3.37. The van der Waals surface area contributed by atoms with Crippen LogP contribution >= 0.6 is 0 Å². The molecule has 2 rings (SSSR count). The Balaban J connectivity index is 2.31. The maximum absolute atomic E-state index is 12.8. The number of rotatable bonds is 2. The molecular weight excluding hydrogens is 311 g/mol. The maximum atomic E-state index is 12.8. The fraction of sp³-hybridized carbons (Fsp3) is 0.636. The molecule has 0 saturated carbocycles. The van der Waals surface area contributed by atoms with Crippen LogP contribution in [0.4, 0.5) is 13.2 Å². The van der Waals surface area contributed by atoms with Crippen LogP contribution in [0, 0.1) is 0 Å². The van der Waals surface area contributed by atoms with Gasteiger partial charge in [-0.15, -0.1) is 0 Å². The Hall–Kier alpha value is -1.58. The summed E-state index contributed by atoms with van der Waals surface area (Å²) in [5.74, 6) is -0.860. The number of sulfone groups is 1. The van der Waals surface area contributed by atoms with Crippen LogP contribution in [0.5, 0.6) is 0 Å². The Bertz CT molecular complexity index is 689. The molecule has 21 heavy (non-hydrogen) atoms. The van der Waals surface area contributed by atoms with Gasteiger partial charge >= 0.3 is 6.18 Å². The SMILES string of the molecule is Cn1cc(C(F)(F)F)c(CS(=O)(=O)C2=NOC(C)(C)C2)n1. The molecule has 6 nitrogen and oxygen atoms in total. The number of aryl methyl sites for hydroxylation is 1. The van der Waals surface area contributed by atoms with Crippen LogP contribution < -0.4 is 0 Å². The molecule has 1 aromatic rings. The molecule has 10 heteroatoms. The van der Waals surface area contributed by atoms with E-state index in [-0.39, 0.29) is 11.5 Å². The minimum absolute atomic E-state index is 0.0174. The van der Waals surface area contributed by atoms with Crippen molar-refractivity contribution in [1.82, 2.24) is 9.78 Å². The van der Waals surface area contributed by atoms with E-state index >= 15 is 0 Å². The third kappa shape index (κ3) is 3.36. The molecule has 0 aliphatic carbocycles. The van der Waals surface area contributed by atoms with Gasteiger partial charge in [0, 0.05) is 19.7 Å². The van der Waals surface area contributed by atoms with Crippen LogP contribution in [0.1, 0.15) is 31.5 Å². The van der Waals surface area contributed by atoms with Crippen molar-refractivity contribution in [2.24, 2.45) is 12.2 Å². The Labute approximate surface area is 119 Å². The first kappa shape index (κ1) is 15.8. The average Bonchev–Trinajstić information content (AvgIpc) is 2.80. The molecule has 0 bridgehead atoms. The van der Waals surface area contributed by atoms with Crippen LogP contribution in [-0.2, 0) is 33.7 Å². The van der Waals surface area contributed by atoms with E-state index in [0.29, 0.717) is 0 Å². The van der Waals surface area contributed by atoms with Gasteiger partial charge in [-0.3, -0.25) is 4.68 Å². The molecule has 1 aromatic heterocycles. The summed E-state index contributed by atoms with van der Waals surface area (Å²) in [4.78, 5) is 4.94. The van der Waals surface area contributed by atoms with Crippen molar-refractivity contribution < 1.29 is 26.4 Å². The summed E-state index contributed by atoms with van der Waals surface area (Å²) in [7, 11) is -2.71. The molecule has 1 aliphatic heterocycles. The second-order valence-electron chi connectivity index (χ2n) is 5.43. The number of alkyl halides is 3. The molecule has 0 spiro atoms. The molecular formula is C11H14F3N3O3S. The van der Waals surface area contributed by atoms with E-state index < -0.39 is 38.6 Å². The molecule has 0 aromatic carbocycles. The number of hydrogen-bond acceptors (Lipinski definition) is 5. The highest BCUT2D eigenvalue weighted by molar-refractivity contribution is 8.05. The number of hydrogen-bond donors (Lipinski definition) is 0. The summed E-state index contributed by atoms with van der Waals surface area (Å²) in [5.41, 5.74) is -2.39. The lowest BCUT2D eigenvalue weighted by Gasteiger charge is -2.13. The zero-order valence-corrected chi connectivity index (χ0v) is 12.4. The quantitative estimate of drug-likeness (QED) is 0.832. The highest BCUT2D eigenvalue weighted by Gasteiger charge is 2.40. The van der Waals surface area contributed by atoms with E-state index in [1.807, 2.05) is 0 Å². The smallest absolute Gasteiger partial charge is 0.389 e. The van der Waals surface area contributed by atoms with Gasteiger partial charge in [-0.05, 0) is 13.8 Å². The third-order valence-electron chi connectivity index (χ3n) is 2.87. The fourth-order valence-electron chi connectivity index (χ4n) is 1.91.